The van der Waals surface area contributed by atoms with Crippen molar-refractivity contribution in [1.82, 2.24) is 19.6 Å². The van der Waals surface area contributed by atoms with Crippen LogP contribution in [-0.4, -0.2) is 57.0 Å². The van der Waals surface area contributed by atoms with Gasteiger partial charge >= 0.3 is 0 Å². The number of halogens is 1. The number of nitrogens with zero attached hydrogens (tertiary/aromatic N) is 4. The minimum atomic E-state index is -0.261. The molecule has 0 amide bonds. The van der Waals surface area contributed by atoms with E-state index in [-0.39, 0.29) is 12.4 Å². The summed E-state index contributed by atoms with van der Waals surface area (Å²) < 4.78 is 15.2. The molecule has 1 fully saturated rings. The van der Waals surface area contributed by atoms with Crippen molar-refractivity contribution in [1.29, 1.82) is 0 Å². The first kappa shape index (κ1) is 19.3. The highest BCUT2D eigenvalue weighted by Gasteiger charge is 2.27. The quantitative estimate of drug-likeness (QED) is 0.662. The van der Waals surface area contributed by atoms with Gasteiger partial charge in [-0.2, -0.15) is 5.10 Å². The summed E-state index contributed by atoms with van der Waals surface area (Å²) in [6.07, 6.45) is 4.60. The molecule has 3 heterocycles. The Bertz CT molecular complexity index is 882. The molecule has 5 nitrogen and oxygen atoms in total. The molecule has 1 aliphatic heterocycles. The fourth-order valence-corrected chi connectivity index (χ4v) is 4.52. The Morgan fingerprint density at radius 1 is 1.18 bits per heavy atom. The van der Waals surface area contributed by atoms with Gasteiger partial charge in [0, 0.05) is 62.0 Å². The van der Waals surface area contributed by atoms with Crippen molar-refractivity contribution in [3.8, 4) is 5.69 Å². The van der Waals surface area contributed by atoms with Crippen LogP contribution in [0.4, 0.5) is 4.39 Å². The number of aliphatic hydroxyl groups excluding tert-OH is 1. The second kappa shape index (κ2) is 8.96. The molecule has 0 spiro atoms. The van der Waals surface area contributed by atoms with Gasteiger partial charge in [-0.05, 0) is 36.1 Å². The molecule has 3 aromatic rings. The Hall–Kier alpha value is -2.06. The molecule has 1 aromatic carbocycles. The number of hydrogen-bond acceptors (Lipinski definition) is 5. The fourth-order valence-electron chi connectivity index (χ4n) is 3.79. The SMILES string of the molecule is OCC[C@@H]1CN(Cc2cnn(-c3cccc(F)c3)c2)CCN1Cc1cccs1. The van der Waals surface area contributed by atoms with Crippen LogP contribution in [0.25, 0.3) is 5.69 Å². The molecule has 0 aliphatic carbocycles. The Morgan fingerprint density at radius 3 is 2.89 bits per heavy atom. The van der Waals surface area contributed by atoms with E-state index in [0.717, 1.165) is 50.4 Å². The van der Waals surface area contributed by atoms with E-state index in [1.807, 2.05) is 18.5 Å². The molecule has 0 unspecified atom stereocenters. The lowest BCUT2D eigenvalue weighted by Gasteiger charge is -2.41. The van der Waals surface area contributed by atoms with Gasteiger partial charge in [0.25, 0.3) is 0 Å². The maximum atomic E-state index is 13.4. The van der Waals surface area contributed by atoms with Crippen molar-refractivity contribution >= 4 is 11.3 Å². The third-order valence-electron chi connectivity index (χ3n) is 5.21. The number of aliphatic hydroxyl groups is 1. The van der Waals surface area contributed by atoms with Gasteiger partial charge in [0.1, 0.15) is 5.82 Å². The number of hydrogen-bond donors (Lipinski definition) is 1. The lowest BCUT2D eigenvalue weighted by molar-refractivity contribution is 0.0506. The van der Waals surface area contributed by atoms with Gasteiger partial charge in [-0.25, -0.2) is 9.07 Å². The molecule has 1 atom stereocenters. The summed E-state index contributed by atoms with van der Waals surface area (Å²) in [6.45, 7) is 4.87. The van der Waals surface area contributed by atoms with Crippen LogP contribution in [0.5, 0.6) is 0 Å². The summed E-state index contributed by atoms with van der Waals surface area (Å²) >= 11 is 1.79. The van der Waals surface area contributed by atoms with Gasteiger partial charge in [0.05, 0.1) is 11.9 Å². The molecule has 2 aromatic heterocycles. The van der Waals surface area contributed by atoms with Gasteiger partial charge in [0.15, 0.2) is 0 Å². The summed E-state index contributed by atoms with van der Waals surface area (Å²) in [7, 11) is 0. The minimum Gasteiger partial charge on any atom is -0.396 e. The summed E-state index contributed by atoms with van der Waals surface area (Å²) in [5.74, 6) is -0.261. The molecule has 1 saturated heterocycles. The zero-order valence-electron chi connectivity index (χ0n) is 15.7. The van der Waals surface area contributed by atoms with Crippen molar-refractivity contribution < 1.29 is 9.50 Å². The monoisotopic (exact) mass is 400 g/mol. The van der Waals surface area contributed by atoms with Gasteiger partial charge in [-0.1, -0.05) is 12.1 Å². The smallest absolute Gasteiger partial charge is 0.125 e. The van der Waals surface area contributed by atoms with Crippen molar-refractivity contribution in [2.24, 2.45) is 0 Å². The van der Waals surface area contributed by atoms with Gasteiger partial charge < -0.3 is 5.11 Å². The van der Waals surface area contributed by atoms with E-state index < -0.39 is 0 Å². The van der Waals surface area contributed by atoms with E-state index >= 15 is 0 Å². The van der Waals surface area contributed by atoms with E-state index in [9.17, 15) is 9.50 Å². The maximum absolute atomic E-state index is 13.4. The first-order valence-electron chi connectivity index (χ1n) is 9.60. The zero-order chi connectivity index (χ0) is 19.3. The van der Waals surface area contributed by atoms with Crippen LogP contribution >= 0.6 is 11.3 Å². The summed E-state index contributed by atoms with van der Waals surface area (Å²) in [5, 5.41) is 16.0. The molecule has 1 aliphatic rings. The average Bonchev–Trinajstić information content (AvgIpc) is 3.36. The summed E-state index contributed by atoms with van der Waals surface area (Å²) in [5.41, 5.74) is 1.84. The topological polar surface area (TPSA) is 44.5 Å². The van der Waals surface area contributed by atoms with Gasteiger partial charge in [0.2, 0.25) is 0 Å². The summed E-state index contributed by atoms with van der Waals surface area (Å²) in [6, 6.07) is 11.1. The zero-order valence-corrected chi connectivity index (χ0v) is 16.6. The Morgan fingerprint density at radius 2 is 2.11 bits per heavy atom. The van der Waals surface area contributed by atoms with Crippen molar-refractivity contribution in [2.45, 2.75) is 25.6 Å². The van der Waals surface area contributed by atoms with Crippen LogP contribution in [0.15, 0.2) is 54.2 Å². The third kappa shape index (κ3) is 4.67. The molecular weight excluding hydrogens is 375 g/mol. The van der Waals surface area contributed by atoms with Gasteiger partial charge in [-0.3, -0.25) is 9.80 Å². The standard InChI is InChI=1S/C21H25FN4OS/c22-18-3-1-4-19(11-18)26-14-17(12-23-26)13-24-7-8-25(20(15-24)6-9-27)16-21-5-2-10-28-21/h1-5,10-12,14,20,27H,6-9,13,15-16H2/t20-/m1/s1. The minimum absolute atomic E-state index is 0.205. The second-order valence-corrected chi connectivity index (χ2v) is 8.26. The number of thiophene rings is 1. The first-order valence-corrected chi connectivity index (χ1v) is 10.5. The molecule has 4 rings (SSSR count). The van der Waals surface area contributed by atoms with Crippen LogP contribution in [0, 0.1) is 5.82 Å². The van der Waals surface area contributed by atoms with Crippen molar-refractivity contribution in [3.05, 3.63) is 70.4 Å². The number of rotatable bonds is 7. The lowest BCUT2D eigenvalue weighted by atomic mass is 10.1. The normalized spacial score (nSPS) is 18.6. The highest BCUT2D eigenvalue weighted by Crippen LogP contribution is 2.20. The molecule has 0 bridgehead atoms. The highest BCUT2D eigenvalue weighted by molar-refractivity contribution is 7.09. The van der Waals surface area contributed by atoms with E-state index in [4.69, 9.17) is 0 Å². The maximum Gasteiger partial charge on any atom is 0.125 e. The van der Waals surface area contributed by atoms with Crippen LogP contribution in [0.2, 0.25) is 0 Å². The third-order valence-corrected chi connectivity index (χ3v) is 6.07. The van der Waals surface area contributed by atoms with Crippen LogP contribution in [-0.2, 0) is 13.1 Å². The molecule has 148 valence electrons. The molecule has 0 saturated carbocycles. The molecule has 0 radical (unpaired) electrons. The largest absolute Gasteiger partial charge is 0.396 e. The Kier molecular flexibility index (Phi) is 6.17. The second-order valence-electron chi connectivity index (χ2n) is 7.22. The summed E-state index contributed by atoms with van der Waals surface area (Å²) in [4.78, 5) is 6.26. The predicted octanol–water partition coefficient (Wildman–Crippen LogP) is 3.14. The molecular formula is C21H25FN4OS. The van der Waals surface area contributed by atoms with E-state index in [2.05, 4.69) is 32.4 Å². The van der Waals surface area contributed by atoms with Gasteiger partial charge in [-0.15, -0.1) is 11.3 Å². The fraction of sp³-hybridized carbons (Fsp3) is 0.381. The van der Waals surface area contributed by atoms with E-state index in [1.165, 1.54) is 17.0 Å². The number of piperazine rings is 1. The molecule has 1 N–H and O–H groups in total. The average molecular weight is 401 g/mol. The Labute approximate surface area is 168 Å². The van der Waals surface area contributed by atoms with Crippen molar-refractivity contribution in [2.75, 3.05) is 26.2 Å². The lowest BCUT2D eigenvalue weighted by Crippen LogP contribution is -2.52. The highest BCUT2D eigenvalue weighted by atomic mass is 32.1. The van der Waals surface area contributed by atoms with Crippen LogP contribution < -0.4 is 0 Å². The first-order chi connectivity index (χ1) is 13.7. The van der Waals surface area contributed by atoms with E-state index in [1.54, 1.807) is 22.1 Å². The van der Waals surface area contributed by atoms with Crippen LogP contribution in [0.1, 0.15) is 16.9 Å². The molecule has 28 heavy (non-hydrogen) atoms. The van der Waals surface area contributed by atoms with E-state index in [0.29, 0.717) is 6.04 Å². The Balaban J connectivity index is 1.39. The number of benzene rings is 1. The number of aromatic nitrogens is 2. The van der Waals surface area contributed by atoms with Crippen LogP contribution in [0.3, 0.4) is 0 Å². The van der Waals surface area contributed by atoms with Crippen molar-refractivity contribution in [3.63, 3.8) is 0 Å². The molecule has 7 heteroatoms. The predicted molar refractivity (Wildman–Crippen MR) is 109 cm³/mol.